The molecule has 5 N–H and O–H groups in total. The van der Waals surface area contributed by atoms with E-state index in [0.717, 1.165) is 36.3 Å². The Bertz CT molecular complexity index is 704. The highest BCUT2D eigenvalue weighted by Crippen LogP contribution is 2.35. The quantitative estimate of drug-likeness (QED) is 0.796. The van der Waals surface area contributed by atoms with Gasteiger partial charge in [-0.1, -0.05) is 6.07 Å². The number of primary amides is 1. The summed E-state index contributed by atoms with van der Waals surface area (Å²) in [6.45, 7) is 6.04. The molecule has 0 radical (unpaired) electrons. The van der Waals surface area contributed by atoms with Gasteiger partial charge in [-0.15, -0.1) is 0 Å². The van der Waals surface area contributed by atoms with Gasteiger partial charge >= 0.3 is 0 Å². The number of aryl methyl sites for hydroxylation is 2. The van der Waals surface area contributed by atoms with Crippen LogP contribution in [0.2, 0.25) is 0 Å². The monoisotopic (exact) mass is 286 g/mol. The first-order valence-corrected chi connectivity index (χ1v) is 7.37. The molecule has 1 aromatic carbocycles. The number of aromatic nitrogens is 1. The van der Waals surface area contributed by atoms with E-state index in [1.54, 1.807) is 0 Å². The highest BCUT2D eigenvalue weighted by molar-refractivity contribution is 5.99. The average Bonchev–Trinajstić information content (AvgIpc) is 2.96. The van der Waals surface area contributed by atoms with Crippen LogP contribution in [0, 0.1) is 13.8 Å². The maximum Gasteiger partial charge on any atom is 0.221 e. The first-order valence-electron chi connectivity index (χ1n) is 7.37. The summed E-state index contributed by atoms with van der Waals surface area (Å²) in [5.74, 6) is -0.308. The van der Waals surface area contributed by atoms with E-state index >= 15 is 0 Å². The topological polar surface area (TPSA) is 88.1 Å². The molecule has 0 spiro atoms. The van der Waals surface area contributed by atoms with Crippen molar-refractivity contribution in [3.63, 3.8) is 0 Å². The number of aromatic amines is 1. The van der Waals surface area contributed by atoms with Crippen LogP contribution >= 0.6 is 0 Å². The largest absolute Gasteiger partial charge is 0.369 e. The number of hydrogen-bond acceptors (Lipinski definition) is 3. The highest BCUT2D eigenvalue weighted by Gasteiger charge is 2.23. The second-order valence-electron chi connectivity index (χ2n) is 6.01. The van der Waals surface area contributed by atoms with Gasteiger partial charge in [0.05, 0.1) is 11.9 Å². The molecule has 21 heavy (non-hydrogen) atoms. The van der Waals surface area contributed by atoms with Gasteiger partial charge in [0, 0.05) is 35.9 Å². The first-order chi connectivity index (χ1) is 9.97. The molecule has 0 saturated carbocycles. The van der Waals surface area contributed by atoms with Gasteiger partial charge < -0.3 is 21.4 Å². The van der Waals surface area contributed by atoms with Crippen molar-refractivity contribution < 1.29 is 4.79 Å². The van der Waals surface area contributed by atoms with E-state index in [2.05, 4.69) is 29.8 Å². The average molecular weight is 286 g/mol. The molecule has 1 saturated heterocycles. The maximum absolute atomic E-state index is 11.3. The zero-order chi connectivity index (χ0) is 15.1. The lowest BCUT2D eigenvalue weighted by atomic mass is 10.0. The number of H-pyrrole nitrogens is 1. The minimum atomic E-state index is -0.308. The smallest absolute Gasteiger partial charge is 0.221 e. The van der Waals surface area contributed by atoms with E-state index in [1.807, 2.05) is 6.07 Å². The van der Waals surface area contributed by atoms with Gasteiger partial charge in [0.1, 0.15) is 0 Å². The molecule has 2 aromatic rings. The van der Waals surface area contributed by atoms with Gasteiger partial charge in [0.2, 0.25) is 5.91 Å². The predicted molar refractivity (Wildman–Crippen MR) is 85.5 cm³/mol. The molecule has 112 valence electrons. The molecule has 3 rings (SSSR count). The minimum Gasteiger partial charge on any atom is -0.369 e. The highest BCUT2D eigenvalue weighted by atomic mass is 16.1. The summed E-state index contributed by atoms with van der Waals surface area (Å²) in [6, 6.07) is 4.34. The van der Waals surface area contributed by atoms with Crippen LogP contribution in [-0.2, 0) is 11.2 Å². The summed E-state index contributed by atoms with van der Waals surface area (Å²) in [5, 5.41) is 1.19. The molecule has 5 heteroatoms. The van der Waals surface area contributed by atoms with Crippen LogP contribution in [0.15, 0.2) is 12.1 Å². The summed E-state index contributed by atoms with van der Waals surface area (Å²) in [7, 11) is 0. The van der Waals surface area contributed by atoms with E-state index in [4.69, 9.17) is 11.5 Å². The lowest BCUT2D eigenvalue weighted by Gasteiger charge is -2.20. The standard InChI is InChI=1S/C16H22N4O/c1-9-10(2)19-16-11(7-14(18)21)3-4-13(15(9)16)20-6-5-12(17)8-20/h3-4,12,19H,5-8,17H2,1-2H3,(H2,18,21). The summed E-state index contributed by atoms with van der Waals surface area (Å²) < 4.78 is 0. The molecule has 1 atom stereocenters. The van der Waals surface area contributed by atoms with Crippen LogP contribution in [0.1, 0.15) is 23.2 Å². The van der Waals surface area contributed by atoms with Gasteiger partial charge in [-0.25, -0.2) is 0 Å². The fourth-order valence-electron chi connectivity index (χ4n) is 3.23. The van der Waals surface area contributed by atoms with E-state index in [9.17, 15) is 4.79 Å². The molecule has 1 fully saturated rings. The second kappa shape index (κ2) is 5.07. The normalized spacial score (nSPS) is 18.6. The van der Waals surface area contributed by atoms with Crippen LogP contribution in [0.5, 0.6) is 0 Å². The number of amides is 1. The third kappa shape index (κ3) is 2.38. The van der Waals surface area contributed by atoms with Gasteiger partial charge in [-0.2, -0.15) is 0 Å². The Morgan fingerprint density at radius 1 is 1.43 bits per heavy atom. The zero-order valence-electron chi connectivity index (χ0n) is 12.6. The third-order valence-electron chi connectivity index (χ3n) is 4.45. The number of nitrogens with zero attached hydrogens (tertiary/aromatic N) is 1. The third-order valence-corrected chi connectivity index (χ3v) is 4.45. The summed E-state index contributed by atoms with van der Waals surface area (Å²) >= 11 is 0. The lowest BCUT2D eigenvalue weighted by Crippen LogP contribution is -2.26. The van der Waals surface area contributed by atoms with E-state index in [-0.39, 0.29) is 18.4 Å². The number of nitrogens with two attached hydrogens (primary N) is 2. The molecular formula is C16H22N4O. The van der Waals surface area contributed by atoms with E-state index in [0.29, 0.717) is 0 Å². The Kier molecular flexibility index (Phi) is 3.37. The minimum absolute atomic E-state index is 0.241. The van der Waals surface area contributed by atoms with E-state index < -0.39 is 0 Å². The maximum atomic E-state index is 11.3. The zero-order valence-corrected chi connectivity index (χ0v) is 12.6. The molecule has 5 nitrogen and oxygen atoms in total. The molecule has 0 bridgehead atoms. The van der Waals surface area contributed by atoms with Crippen LogP contribution in [-0.4, -0.2) is 30.0 Å². The van der Waals surface area contributed by atoms with Crippen molar-refractivity contribution in [3.8, 4) is 0 Å². The lowest BCUT2D eigenvalue weighted by molar-refractivity contribution is -0.117. The van der Waals surface area contributed by atoms with Gasteiger partial charge in [-0.3, -0.25) is 4.79 Å². The number of benzene rings is 1. The number of rotatable bonds is 3. The van der Waals surface area contributed by atoms with Gasteiger partial charge in [-0.05, 0) is 37.5 Å². The van der Waals surface area contributed by atoms with Crippen molar-refractivity contribution in [2.45, 2.75) is 32.7 Å². The Morgan fingerprint density at radius 2 is 2.19 bits per heavy atom. The van der Waals surface area contributed by atoms with E-state index in [1.165, 1.54) is 16.6 Å². The Labute approximate surface area is 124 Å². The number of nitrogens with one attached hydrogen (secondary N) is 1. The van der Waals surface area contributed by atoms with Gasteiger partial charge in [0.25, 0.3) is 0 Å². The molecule has 1 amide bonds. The molecule has 2 heterocycles. The number of carbonyl (C=O) groups is 1. The number of carbonyl (C=O) groups excluding carboxylic acids is 1. The van der Waals surface area contributed by atoms with Crippen LogP contribution < -0.4 is 16.4 Å². The van der Waals surface area contributed by atoms with Crippen LogP contribution in [0.4, 0.5) is 5.69 Å². The Morgan fingerprint density at radius 3 is 2.81 bits per heavy atom. The van der Waals surface area contributed by atoms with Crippen molar-refractivity contribution in [1.82, 2.24) is 4.98 Å². The van der Waals surface area contributed by atoms with Gasteiger partial charge in [0.15, 0.2) is 0 Å². The van der Waals surface area contributed by atoms with Crippen LogP contribution in [0.25, 0.3) is 10.9 Å². The number of hydrogen-bond donors (Lipinski definition) is 3. The molecular weight excluding hydrogens is 264 g/mol. The molecule has 1 aromatic heterocycles. The van der Waals surface area contributed by atoms with Crippen molar-refractivity contribution in [1.29, 1.82) is 0 Å². The molecule has 0 aliphatic carbocycles. The first kappa shape index (κ1) is 13.9. The van der Waals surface area contributed by atoms with Crippen molar-refractivity contribution in [3.05, 3.63) is 29.0 Å². The summed E-state index contributed by atoms with van der Waals surface area (Å²) in [5.41, 5.74) is 16.9. The van der Waals surface area contributed by atoms with Crippen molar-refractivity contribution >= 4 is 22.5 Å². The second-order valence-corrected chi connectivity index (χ2v) is 6.01. The molecule has 1 unspecified atom stereocenters. The predicted octanol–water partition coefficient (Wildman–Crippen LogP) is 1.35. The summed E-state index contributed by atoms with van der Waals surface area (Å²) in [6.07, 6.45) is 1.28. The Hall–Kier alpha value is -2.01. The number of fused-ring (bicyclic) bond motifs is 1. The SMILES string of the molecule is Cc1[nH]c2c(CC(N)=O)ccc(N3CCC(N)C3)c2c1C. The van der Waals surface area contributed by atoms with Crippen molar-refractivity contribution in [2.24, 2.45) is 11.5 Å². The fraction of sp³-hybridized carbons (Fsp3) is 0.438. The fourth-order valence-corrected chi connectivity index (χ4v) is 3.23. The Balaban J connectivity index is 2.16. The molecule has 1 aliphatic rings. The van der Waals surface area contributed by atoms with Crippen LogP contribution in [0.3, 0.4) is 0 Å². The van der Waals surface area contributed by atoms with Crippen molar-refractivity contribution in [2.75, 3.05) is 18.0 Å². The number of anilines is 1. The summed E-state index contributed by atoms with van der Waals surface area (Å²) in [4.78, 5) is 17.0. The molecule has 1 aliphatic heterocycles.